The summed E-state index contributed by atoms with van der Waals surface area (Å²) >= 11 is 0. The van der Waals surface area contributed by atoms with Gasteiger partial charge >= 0.3 is 5.97 Å². The van der Waals surface area contributed by atoms with Gasteiger partial charge in [-0.2, -0.15) is 0 Å². The van der Waals surface area contributed by atoms with Crippen molar-refractivity contribution in [3.63, 3.8) is 0 Å². The standard InChI is InChI=1S/C42H55NO16/c1-8-42(52)16-25(29-30(33(42)41(51)53-7)38(50)32-31(37(29)49)35(47)20-11-9-10-12-21(20)36(32)48)57-26-13-22(43(5)6)39(18(3)55-26)58-28-15-24(45)40(19(4)56-28)59-27-14-23(44)34(46)17(2)54-27/h9-12,17-19,22-28,33-34,39-40,44-46,49-50,52H,8,13-16H2,1-7H3/t17-,18-,19-,22-,23-,24-,25-,26-,27-,28-,33?,34-,39+,40+,42+/m0/s1. The molecule has 3 aliphatic heterocycles. The summed E-state index contributed by atoms with van der Waals surface area (Å²) in [6.07, 6.45) is -10.6. The number of nitrogens with zero attached hydrogens (tertiary/aromatic N) is 1. The first-order valence-corrected chi connectivity index (χ1v) is 20.1. The lowest BCUT2D eigenvalue weighted by atomic mass is 9.66. The van der Waals surface area contributed by atoms with Crippen molar-refractivity contribution in [1.82, 2.24) is 4.90 Å². The maximum atomic E-state index is 13.9. The van der Waals surface area contributed by atoms with E-state index in [0.29, 0.717) is 0 Å². The third kappa shape index (κ3) is 7.69. The number of phenols is 2. The van der Waals surface area contributed by atoms with Crippen molar-refractivity contribution in [2.45, 2.75) is 151 Å². The van der Waals surface area contributed by atoms with Gasteiger partial charge in [0, 0.05) is 54.0 Å². The van der Waals surface area contributed by atoms with Crippen LogP contribution in [0.15, 0.2) is 24.3 Å². The van der Waals surface area contributed by atoms with Gasteiger partial charge in [-0.3, -0.25) is 14.4 Å². The number of esters is 1. The number of hydrogen-bond donors (Lipinski definition) is 6. The predicted molar refractivity (Wildman–Crippen MR) is 204 cm³/mol. The van der Waals surface area contributed by atoms with Gasteiger partial charge in [-0.1, -0.05) is 31.2 Å². The molecule has 3 heterocycles. The summed E-state index contributed by atoms with van der Waals surface area (Å²) in [6.45, 7) is 6.77. The third-order valence-corrected chi connectivity index (χ3v) is 12.7. The Balaban J connectivity index is 1.14. The minimum Gasteiger partial charge on any atom is -0.507 e. The molecule has 5 aliphatic rings. The first kappa shape index (κ1) is 43.5. The number of fused-ring (bicyclic) bond motifs is 3. The number of phenolic OH excluding ortho intramolecular Hbond substituents is 2. The minimum absolute atomic E-state index is 0.0152. The molecule has 3 fully saturated rings. The predicted octanol–water partition coefficient (Wildman–Crippen LogP) is 1.92. The van der Waals surface area contributed by atoms with Gasteiger partial charge in [0.25, 0.3) is 0 Å². The Kier molecular flexibility index (Phi) is 12.3. The normalized spacial score (nSPS) is 38.4. The van der Waals surface area contributed by atoms with E-state index in [1.807, 2.05) is 19.0 Å². The van der Waals surface area contributed by atoms with Crippen LogP contribution in [-0.4, -0.2) is 154 Å². The second kappa shape index (κ2) is 16.7. The van der Waals surface area contributed by atoms with E-state index >= 15 is 0 Å². The van der Waals surface area contributed by atoms with Crippen LogP contribution in [0, 0.1) is 0 Å². The van der Waals surface area contributed by atoms with Gasteiger partial charge in [0.2, 0.25) is 0 Å². The topological polar surface area (TPSA) is 240 Å². The number of methoxy groups -OCH3 is 1. The zero-order valence-electron chi connectivity index (χ0n) is 34.1. The monoisotopic (exact) mass is 829 g/mol. The maximum absolute atomic E-state index is 13.9. The van der Waals surface area contributed by atoms with Crippen LogP contribution >= 0.6 is 0 Å². The van der Waals surface area contributed by atoms with Crippen LogP contribution in [0.3, 0.4) is 0 Å². The fourth-order valence-electron chi connectivity index (χ4n) is 9.46. The number of ether oxygens (including phenoxy) is 7. The van der Waals surface area contributed by atoms with Crippen LogP contribution in [0.5, 0.6) is 11.5 Å². The summed E-state index contributed by atoms with van der Waals surface area (Å²) < 4.78 is 42.5. The van der Waals surface area contributed by atoms with Crippen molar-refractivity contribution < 1.29 is 78.2 Å². The molecule has 17 heteroatoms. The molecule has 3 saturated heterocycles. The number of aliphatic hydroxyl groups is 4. The summed E-state index contributed by atoms with van der Waals surface area (Å²) in [5, 5.41) is 67.5. The first-order chi connectivity index (χ1) is 27.9. The fraction of sp³-hybridized carbons (Fsp3) is 0.643. The fourth-order valence-corrected chi connectivity index (χ4v) is 9.46. The Morgan fingerprint density at radius 2 is 1.29 bits per heavy atom. The van der Waals surface area contributed by atoms with E-state index < -0.39 is 125 Å². The molecule has 2 aromatic rings. The Hall–Kier alpha value is -3.59. The number of aliphatic hydroxyl groups excluding tert-OH is 3. The number of aromatic hydroxyl groups is 2. The highest BCUT2D eigenvalue weighted by Gasteiger charge is 2.55. The van der Waals surface area contributed by atoms with E-state index in [-0.39, 0.29) is 60.4 Å². The van der Waals surface area contributed by atoms with Gasteiger partial charge in [-0.05, 0) is 41.3 Å². The molecule has 324 valence electrons. The van der Waals surface area contributed by atoms with Crippen LogP contribution < -0.4 is 0 Å². The lowest BCUT2D eigenvalue weighted by Crippen LogP contribution is -2.58. The largest absolute Gasteiger partial charge is 0.507 e. The highest BCUT2D eigenvalue weighted by atomic mass is 16.7. The van der Waals surface area contributed by atoms with E-state index in [0.717, 1.165) is 7.11 Å². The zero-order chi connectivity index (χ0) is 42.8. The molecule has 59 heavy (non-hydrogen) atoms. The molecule has 0 amide bonds. The molecule has 2 aliphatic carbocycles. The van der Waals surface area contributed by atoms with Crippen LogP contribution in [-0.2, 0) is 38.0 Å². The first-order valence-electron chi connectivity index (χ1n) is 20.1. The van der Waals surface area contributed by atoms with E-state index in [9.17, 15) is 45.0 Å². The van der Waals surface area contributed by atoms with Crippen LogP contribution in [0.4, 0.5) is 0 Å². The molecule has 0 saturated carbocycles. The molecule has 2 aromatic carbocycles. The van der Waals surface area contributed by atoms with Crippen LogP contribution in [0.25, 0.3) is 0 Å². The van der Waals surface area contributed by atoms with Gasteiger partial charge in [-0.25, -0.2) is 0 Å². The van der Waals surface area contributed by atoms with Crippen molar-refractivity contribution >= 4 is 17.5 Å². The molecular weight excluding hydrogens is 774 g/mol. The van der Waals surface area contributed by atoms with E-state index in [4.69, 9.17) is 33.2 Å². The number of carbonyl (C=O) groups is 3. The summed E-state index contributed by atoms with van der Waals surface area (Å²) in [6, 6.07) is 5.64. The Bertz CT molecular complexity index is 1920. The Morgan fingerprint density at radius 3 is 1.81 bits per heavy atom. The number of hydrogen-bond acceptors (Lipinski definition) is 17. The second-order valence-corrected chi connectivity index (χ2v) is 16.6. The molecule has 0 spiro atoms. The summed E-state index contributed by atoms with van der Waals surface area (Å²) in [5.74, 6) is -5.31. The smallest absolute Gasteiger partial charge is 0.316 e. The van der Waals surface area contributed by atoms with Gasteiger partial charge in [0.05, 0.1) is 60.5 Å². The summed E-state index contributed by atoms with van der Waals surface area (Å²) in [5.41, 5.74) is -3.17. The van der Waals surface area contributed by atoms with Crippen molar-refractivity contribution in [1.29, 1.82) is 0 Å². The quantitative estimate of drug-likeness (QED) is 0.133. The number of likely N-dealkylation sites (N-methyl/N-ethyl adjacent to an activating group) is 1. The van der Waals surface area contributed by atoms with E-state index in [1.165, 1.54) is 12.1 Å². The lowest BCUT2D eigenvalue weighted by molar-refractivity contribution is -0.332. The van der Waals surface area contributed by atoms with Crippen LogP contribution in [0.1, 0.15) is 115 Å². The van der Waals surface area contributed by atoms with Crippen LogP contribution in [0.2, 0.25) is 0 Å². The highest BCUT2D eigenvalue weighted by Crippen LogP contribution is 2.57. The van der Waals surface area contributed by atoms with Crippen molar-refractivity contribution in [3.05, 3.63) is 57.6 Å². The zero-order valence-corrected chi connectivity index (χ0v) is 34.1. The number of rotatable bonds is 9. The van der Waals surface area contributed by atoms with Crippen molar-refractivity contribution in [3.8, 4) is 11.5 Å². The van der Waals surface area contributed by atoms with Crippen molar-refractivity contribution in [2.24, 2.45) is 0 Å². The highest BCUT2D eigenvalue weighted by molar-refractivity contribution is 6.30. The Morgan fingerprint density at radius 1 is 0.780 bits per heavy atom. The van der Waals surface area contributed by atoms with Crippen molar-refractivity contribution in [2.75, 3.05) is 21.2 Å². The average Bonchev–Trinajstić information content (AvgIpc) is 3.19. The van der Waals surface area contributed by atoms with Gasteiger partial charge in [0.1, 0.15) is 35.7 Å². The molecule has 7 rings (SSSR count). The second-order valence-electron chi connectivity index (χ2n) is 16.6. The molecule has 0 bridgehead atoms. The van der Waals surface area contributed by atoms with Gasteiger partial charge in [-0.15, -0.1) is 0 Å². The molecule has 17 nitrogen and oxygen atoms in total. The van der Waals surface area contributed by atoms with E-state index in [1.54, 1.807) is 39.8 Å². The third-order valence-electron chi connectivity index (χ3n) is 12.7. The summed E-state index contributed by atoms with van der Waals surface area (Å²) in [4.78, 5) is 43.1. The lowest BCUT2D eigenvalue weighted by Gasteiger charge is -2.48. The number of carbonyl (C=O) groups excluding carboxylic acids is 3. The molecular formula is C42H55NO16. The van der Waals surface area contributed by atoms with E-state index in [2.05, 4.69) is 0 Å². The maximum Gasteiger partial charge on any atom is 0.316 e. The van der Waals surface area contributed by atoms with Gasteiger partial charge < -0.3 is 68.7 Å². The minimum atomic E-state index is -1.89. The molecule has 0 aromatic heterocycles. The van der Waals surface area contributed by atoms with Gasteiger partial charge in [0.15, 0.2) is 30.4 Å². The Labute approximate surface area is 341 Å². The summed E-state index contributed by atoms with van der Waals surface area (Å²) in [7, 11) is 4.81. The molecule has 1 unspecified atom stereocenters. The molecule has 15 atom stereocenters. The molecule has 6 N–H and O–H groups in total. The SMILES string of the molecule is CC[C@@]1(O)C[C@H](O[C@H]2C[C@H](N(C)C)[C@H](O[C@H]3C[C@H](O)[C@H](O[C@H]4C[C@H](O)[C@@H](O)[C@H](C)O4)[C@H](C)O3)[C@H](C)O2)c2c(O)c3c(c(O)c2C1C(=O)OC)C(=O)c1ccccc1C3=O. The number of ketones is 2. The average molecular weight is 830 g/mol. The molecule has 0 radical (unpaired) electrons. The number of benzene rings is 2.